The van der Waals surface area contributed by atoms with Gasteiger partial charge in [0.1, 0.15) is 12.4 Å². The van der Waals surface area contributed by atoms with Gasteiger partial charge in [0, 0.05) is 6.61 Å². The number of carbonyl (C=O) groups excluding carboxylic acids is 1. The summed E-state index contributed by atoms with van der Waals surface area (Å²) in [6.07, 6.45) is -0.237. The molecule has 0 spiro atoms. The van der Waals surface area contributed by atoms with Crippen LogP contribution in [0.15, 0.2) is 24.3 Å². The number of aliphatic hydroxyl groups is 1. The lowest BCUT2D eigenvalue weighted by atomic mass is 9.97. The third kappa shape index (κ3) is 1.98. The molecule has 1 aromatic carbocycles. The molecule has 17 heavy (non-hydrogen) atoms. The van der Waals surface area contributed by atoms with Crippen molar-refractivity contribution in [1.29, 1.82) is 0 Å². The molecule has 0 saturated carbocycles. The van der Waals surface area contributed by atoms with Crippen molar-refractivity contribution in [3.63, 3.8) is 0 Å². The van der Waals surface area contributed by atoms with E-state index in [1.807, 2.05) is 0 Å². The Morgan fingerprint density at radius 2 is 2.24 bits per heavy atom. The smallest absolute Gasteiger partial charge is 0.415 e. The van der Waals surface area contributed by atoms with Crippen LogP contribution in [0.4, 0.5) is 14.9 Å². The first-order chi connectivity index (χ1) is 8.08. The number of cyclic esters (lactones) is 1. The molecule has 4 nitrogen and oxygen atoms in total. The lowest BCUT2D eigenvalue weighted by molar-refractivity contribution is 0.167. The second kappa shape index (κ2) is 4.33. The van der Waals surface area contributed by atoms with Crippen molar-refractivity contribution >= 4 is 11.8 Å². The molecule has 1 aromatic rings. The van der Waals surface area contributed by atoms with Crippen molar-refractivity contribution in [3.8, 4) is 0 Å². The number of halogens is 1. The highest BCUT2D eigenvalue weighted by Crippen LogP contribution is 2.34. The molecule has 1 aliphatic heterocycles. The minimum Gasteiger partial charge on any atom is -0.447 e. The first-order valence-corrected chi connectivity index (χ1v) is 5.41. The van der Waals surface area contributed by atoms with Gasteiger partial charge >= 0.3 is 6.09 Å². The van der Waals surface area contributed by atoms with Gasteiger partial charge in [0.25, 0.3) is 0 Å². The Bertz CT molecular complexity index is 438. The Hall–Kier alpha value is -1.62. The standard InChI is InChI=1S/C12H14FNO3/c1-12(6-7-15)8-17-11(16)14(12)10-5-3-2-4-9(10)13/h2-5,15H,6-8H2,1H3. The van der Waals surface area contributed by atoms with Gasteiger partial charge in [0.15, 0.2) is 0 Å². The summed E-state index contributed by atoms with van der Waals surface area (Å²) in [6.45, 7) is 1.83. The van der Waals surface area contributed by atoms with E-state index < -0.39 is 17.4 Å². The quantitative estimate of drug-likeness (QED) is 0.876. The number of benzene rings is 1. The Morgan fingerprint density at radius 1 is 1.53 bits per heavy atom. The van der Waals surface area contributed by atoms with Crippen molar-refractivity contribution in [3.05, 3.63) is 30.1 Å². The van der Waals surface area contributed by atoms with E-state index in [1.165, 1.54) is 17.0 Å². The van der Waals surface area contributed by atoms with Crippen molar-refractivity contribution in [2.45, 2.75) is 18.9 Å². The van der Waals surface area contributed by atoms with Gasteiger partial charge < -0.3 is 9.84 Å². The zero-order chi connectivity index (χ0) is 12.5. The second-order valence-corrected chi connectivity index (χ2v) is 4.31. The summed E-state index contributed by atoms with van der Waals surface area (Å²) >= 11 is 0. The fourth-order valence-corrected chi connectivity index (χ4v) is 2.01. The molecule has 5 heteroatoms. The van der Waals surface area contributed by atoms with Crippen LogP contribution in [0, 0.1) is 5.82 Å². The molecule has 1 heterocycles. The maximum absolute atomic E-state index is 13.7. The highest BCUT2D eigenvalue weighted by atomic mass is 19.1. The Morgan fingerprint density at radius 3 is 2.88 bits per heavy atom. The lowest BCUT2D eigenvalue weighted by Gasteiger charge is -2.31. The van der Waals surface area contributed by atoms with Gasteiger partial charge in [-0.15, -0.1) is 0 Å². The maximum Gasteiger partial charge on any atom is 0.415 e. The maximum atomic E-state index is 13.7. The van der Waals surface area contributed by atoms with Gasteiger partial charge in [0.05, 0.1) is 11.2 Å². The number of nitrogens with zero attached hydrogens (tertiary/aromatic N) is 1. The fourth-order valence-electron chi connectivity index (χ4n) is 2.01. The van der Waals surface area contributed by atoms with Crippen LogP contribution in [0.5, 0.6) is 0 Å². The van der Waals surface area contributed by atoms with Gasteiger partial charge in [-0.25, -0.2) is 9.18 Å². The van der Waals surface area contributed by atoms with Crippen LogP contribution >= 0.6 is 0 Å². The summed E-state index contributed by atoms with van der Waals surface area (Å²) < 4.78 is 18.6. The van der Waals surface area contributed by atoms with Crippen LogP contribution in [0.2, 0.25) is 0 Å². The van der Waals surface area contributed by atoms with E-state index >= 15 is 0 Å². The van der Waals surface area contributed by atoms with E-state index in [9.17, 15) is 9.18 Å². The fraction of sp³-hybridized carbons (Fsp3) is 0.417. The van der Waals surface area contributed by atoms with Crippen LogP contribution in [0.1, 0.15) is 13.3 Å². The van der Waals surface area contributed by atoms with Crippen molar-refractivity contribution in [2.24, 2.45) is 0 Å². The molecule has 1 amide bonds. The van der Waals surface area contributed by atoms with Crippen molar-refractivity contribution in [1.82, 2.24) is 0 Å². The van der Waals surface area contributed by atoms with Gasteiger partial charge in [0.2, 0.25) is 0 Å². The molecule has 1 aliphatic rings. The zero-order valence-electron chi connectivity index (χ0n) is 9.52. The summed E-state index contributed by atoms with van der Waals surface area (Å²) in [5.41, 5.74) is -0.514. The molecule has 1 unspecified atom stereocenters. The van der Waals surface area contributed by atoms with E-state index in [0.717, 1.165) is 0 Å². The van der Waals surface area contributed by atoms with E-state index in [0.29, 0.717) is 6.42 Å². The summed E-state index contributed by atoms with van der Waals surface area (Å²) in [6, 6.07) is 6.03. The topological polar surface area (TPSA) is 49.8 Å². The predicted molar refractivity (Wildman–Crippen MR) is 60.3 cm³/mol. The van der Waals surface area contributed by atoms with Gasteiger partial charge in [-0.3, -0.25) is 4.90 Å². The highest BCUT2D eigenvalue weighted by Gasteiger charge is 2.45. The third-order valence-electron chi connectivity index (χ3n) is 2.97. The van der Waals surface area contributed by atoms with E-state index in [2.05, 4.69) is 0 Å². The monoisotopic (exact) mass is 239 g/mol. The largest absolute Gasteiger partial charge is 0.447 e. The molecular weight excluding hydrogens is 225 g/mol. The highest BCUT2D eigenvalue weighted by molar-refractivity contribution is 5.91. The summed E-state index contributed by atoms with van der Waals surface area (Å²) in [4.78, 5) is 12.9. The molecular formula is C12H14FNO3. The number of carbonyl (C=O) groups is 1. The Kier molecular flexibility index (Phi) is 3.02. The van der Waals surface area contributed by atoms with Crippen LogP contribution in [0.25, 0.3) is 0 Å². The molecule has 0 radical (unpaired) electrons. The predicted octanol–water partition coefficient (Wildman–Crippen LogP) is 1.92. The summed E-state index contributed by atoms with van der Waals surface area (Å²) in [5, 5.41) is 9.02. The number of ether oxygens (including phenoxy) is 1. The average Bonchev–Trinajstić information content (AvgIpc) is 2.57. The van der Waals surface area contributed by atoms with Crippen LogP contribution in [-0.2, 0) is 4.74 Å². The minimum absolute atomic E-state index is 0.0852. The normalized spacial score (nSPS) is 23.9. The molecule has 0 aromatic heterocycles. The molecule has 2 rings (SSSR count). The number of amides is 1. The molecule has 0 aliphatic carbocycles. The number of rotatable bonds is 3. The number of para-hydroxylation sites is 1. The van der Waals surface area contributed by atoms with E-state index in [4.69, 9.17) is 9.84 Å². The number of hydrogen-bond donors (Lipinski definition) is 1. The average molecular weight is 239 g/mol. The van der Waals surface area contributed by atoms with E-state index in [-0.39, 0.29) is 18.9 Å². The molecule has 1 N–H and O–H groups in total. The van der Waals surface area contributed by atoms with Gasteiger partial charge in [-0.1, -0.05) is 12.1 Å². The zero-order valence-corrected chi connectivity index (χ0v) is 9.52. The minimum atomic E-state index is -0.700. The van der Waals surface area contributed by atoms with Crippen LogP contribution < -0.4 is 4.90 Å². The molecule has 1 fully saturated rings. The lowest BCUT2D eigenvalue weighted by Crippen LogP contribution is -2.46. The molecule has 1 atom stereocenters. The Labute approximate surface area is 98.6 Å². The summed E-state index contributed by atoms with van der Waals surface area (Å²) in [5.74, 6) is -0.476. The van der Waals surface area contributed by atoms with Gasteiger partial charge in [-0.05, 0) is 25.5 Å². The van der Waals surface area contributed by atoms with Crippen LogP contribution in [-0.4, -0.2) is 30.0 Å². The van der Waals surface area contributed by atoms with Crippen molar-refractivity contribution in [2.75, 3.05) is 18.1 Å². The van der Waals surface area contributed by atoms with Gasteiger partial charge in [-0.2, -0.15) is 0 Å². The number of aliphatic hydroxyl groups excluding tert-OH is 1. The van der Waals surface area contributed by atoms with Crippen LogP contribution in [0.3, 0.4) is 0 Å². The number of hydrogen-bond acceptors (Lipinski definition) is 3. The SMILES string of the molecule is CC1(CCO)COC(=O)N1c1ccccc1F. The Balaban J connectivity index is 2.41. The van der Waals surface area contributed by atoms with E-state index in [1.54, 1.807) is 19.1 Å². The first-order valence-electron chi connectivity index (χ1n) is 5.41. The first kappa shape index (κ1) is 11.9. The molecule has 1 saturated heterocycles. The molecule has 0 bridgehead atoms. The van der Waals surface area contributed by atoms with Crippen molar-refractivity contribution < 1.29 is 19.0 Å². The summed E-state index contributed by atoms with van der Waals surface area (Å²) in [7, 11) is 0. The number of anilines is 1. The second-order valence-electron chi connectivity index (χ2n) is 4.31. The third-order valence-corrected chi connectivity index (χ3v) is 2.97. The molecule has 92 valence electrons.